The fraction of sp³-hybridized carbons (Fsp3) is 0.667. The predicted molar refractivity (Wildman–Crippen MR) is 57.9 cm³/mol. The minimum absolute atomic E-state index is 0.0372. The van der Waals surface area contributed by atoms with Crippen LogP contribution in [0.1, 0.15) is 25.5 Å². The molecule has 0 spiro atoms. The number of ether oxygens (including phenoxy) is 1. The summed E-state index contributed by atoms with van der Waals surface area (Å²) in [7, 11) is 0. The summed E-state index contributed by atoms with van der Waals surface area (Å²) < 4.78 is 11.1. The molecular formula is C12H17NO3. The molecular weight excluding hydrogens is 206 g/mol. The lowest BCUT2D eigenvalue weighted by molar-refractivity contribution is -0.0618. The van der Waals surface area contributed by atoms with Crippen molar-refractivity contribution in [1.29, 1.82) is 0 Å². The summed E-state index contributed by atoms with van der Waals surface area (Å²) in [6.07, 6.45) is 3.65. The van der Waals surface area contributed by atoms with Crippen LogP contribution in [0.3, 0.4) is 0 Å². The molecule has 2 aliphatic heterocycles. The second-order valence-corrected chi connectivity index (χ2v) is 5.04. The molecule has 1 aromatic rings. The van der Waals surface area contributed by atoms with Crippen molar-refractivity contribution in [3.8, 4) is 0 Å². The lowest BCUT2D eigenvalue weighted by Gasteiger charge is -2.44. The Labute approximate surface area is 94.6 Å². The van der Waals surface area contributed by atoms with Gasteiger partial charge in [0.25, 0.3) is 0 Å². The quantitative estimate of drug-likeness (QED) is 0.801. The maximum atomic E-state index is 9.28. The maximum absolute atomic E-state index is 9.28. The molecule has 2 N–H and O–H groups in total. The molecule has 1 aliphatic carbocycles. The molecule has 1 atom stereocenters. The number of fused-ring (bicyclic) bond motifs is 1. The van der Waals surface area contributed by atoms with E-state index in [0.29, 0.717) is 0 Å². The van der Waals surface area contributed by atoms with Crippen molar-refractivity contribution in [2.75, 3.05) is 6.61 Å². The largest absolute Gasteiger partial charge is 0.468 e. The minimum Gasteiger partial charge on any atom is -0.468 e. The Hall–Kier alpha value is -0.840. The van der Waals surface area contributed by atoms with E-state index in [4.69, 9.17) is 9.15 Å². The van der Waals surface area contributed by atoms with Crippen LogP contribution in [-0.4, -0.2) is 29.0 Å². The molecule has 1 aromatic heterocycles. The summed E-state index contributed by atoms with van der Waals surface area (Å²) in [5.74, 6) is 0.940. The van der Waals surface area contributed by atoms with Gasteiger partial charge in [0.1, 0.15) is 5.76 Å². The molecule has 4 heteroatoms. The van der Waals surface area contributed by atoms with Crippen molar-refractivity contribution in [2.45, 2.75) is 43.6 Å². The third-order valence-electron chi connectivity index (χ3n) is 3.96. The molecule has 88 valence electrons. The highest BCUT2D eigenvalue weighted by Gasteiger charge is 2.65. The second kappa shape index (κ2) is 3.32. The summed E-state index contributed by atoms with van der Waals surface area (Å²) in [5.41, 5.74) is -0.231. The first kappa shape index (κ1) is 10.3. The van der Waals surface area contributed by atoms with E-state index in [2.05, 4.69) is 12.2 Å². The van der Waals surface area contributed by atoms with Crippen LogP contribution in [0.2, 0.25) is 0 Å². The van der Waals surface area contributed by atoms with E-state index in [1.54, 1.807) is 6.26 Å². The second-order valence-electron chi connectivity index (χ2n) is 5.04. The SMILES string of the molecule is CC1OC2(CO)CC1(NCc1ccco1)C2. The molecule has 0 radical (unpaired) electrons. The van der Waals surface area contributed by atoms with Gasteiger partial charge < -0.3 is 19.6 Å². The van der Waals surface area contributed by atoms with Crippen molar-refractivity contribution >= 4 is 0 Å². The minimum atomic E-state index is -0.268. The molecule has 16 heavy (non-hydrogen) atoms. The van der Waals surface area contributed by atoms with Crippen LogP contribution in [0.15, 0.2) is 22.8 Å². The summed E-state index contributed by atoms with van der Waals surface area (Å²) in [4.78, 5) is 0. The summed E-state index contributed by atoms with van der Waals surface area (Å²) >= 11 is 0. The Kier molecular flexibility index (Phi) is 2.14. The van der Waals surface area contributed by atoms with E-state index in [1.807, 2.05) is 12.1 Å². The first-order chi connectivity index (χ1) is 7.68. The zero-order valence-electron chi connectivity index (χ0n) is 9.40. The van der Waals surface area contributed by atoms with E-state index in [0.717, 1.165) is 25.1 Å². The van der Waals surface area contributed by atoms with Crippen LogP contribution < -0.4 is 5.32 Å². The van der Waals surface area contributed by atoms with E-state index in [1.165, 1.54) is 0 Å². The van der Waals surface area contributed by atoms with Crippen LogP contribution in [0.25, 0.3) is 0 Å². The lowest BCUT2D eigenvalue weighted by atomic mass is 9.66. The average Bonchev–Trinajstić information content (AvgIpc) is 2.86. The Morgan fingerprint density at radius 1 is 1.56 bits per heavy atom. The van der Waals surface area contributed by atoms with Crippen molar-refractivity contribution in [3.05, 3.63) is 24.2 Å². The van der Waals surface area contributed by atoms with Gasteiger partial charge in [0.15, 0.2) is 0 Å². The third kappa shape index (κ3) is 1.34. The molecule has 0 aromatic carbocycles. The van der Waals surface area contributed by atoms with Gasteiger partial charge in [-0.1, -0.05) is 0 Å². The van der Waals surface area contributed by atoms with Crippen LogP contribution in [0.5, 0.6) is 0 Å². The molecule has 4 rings (SSSR count). The monoisotopic (exact) mass is 223 g/mol. The number of aliphatic hydroxyl groups is 1. The Morgan fingerprint density at radius 3 is 2.94 bits per heavy atom. The molecule has 0 amide bonds. The zero-order valence-corrected chi connectivity index (χ0v) is 9.40. The first-order valence-corrected chi connectivity index (χ1v) is 5.74. The van der Waals surface area contributed by atoms with Gasteiger partial charge in [-0.3, -0.25) is 0 Å². The molecule has 2 bridgehead atoms. The van der Waals surface area contributed by atoms with Crippen LogP contribution in [-0.2, 0) is 11.3 Å². The van der Waals surface area contributed by atoms with Gasteiger partial charge in [-0.15, -0.1) is 0 Å². The number of rotatable bonds is 4. The normalized spacial score (nSPS) is 41.0. The smallest absolute Gasteiger partial charge is 0.117 e. The van der Waals surface area contributed by atoms with Crippen molar-refractivity contribution in [3.63, 3.8) is 0 Å². The molecule has 1 saturated carbocycles. The van der Waals surface area contributed by atoms with Crippen molar-refractivity contribution in [1.82, 2.24) is 5.32 Å². The van der Waals surface area contributed by atoms with E-state index in [-0.39, 0.29) is 23.9 Å². The van der Waals surface area contributed by atoms with E-state index < -0.39 is 0 Å². The van der Waals surface area contributed by atoms with Gasteiger partial charge in [-0.2, -0.15) is 0 Å². The Bertz CT molecular complexity index is 368. The molecule has 3 aliphatic rings. The Morgan fingerprint density at radius 2 is 2.38 bits per heavy atom. The van der Waals surface area contributed by atoms with E-state index >= 15 is 0 Å². The highest BCUT2D eigenvalue weighted by Crippen LogP contribution is 2.55. The summed E-state index contributed by atoms with van der Waals surface area (Å²) in [6, 6.07) is 3.85. The van der Waals surface area contributed by atoms with Crippen LogP contribution >= 0.6 is 0 Å². The van der Waals surface area contributed by atoms with Gasteiger partial charge in [0.05, 0.1) is 36.7 Å². The zero-order chi connectivity index (χ0) is 11.2. The lowest BCUT2D eigenvalue weighted by Crippen LogP contribution is -2.60. The number of furan rings is 1. The van der Waals surface area contributed by atoms with Gasteiger partial charge in [0, 0.05) is 0 Å². The molecule has 1 unspecified atom stereocenters. The predicted octanol–water partition coefficient (Wildman–Crippen LogP) is 1.05. The topological polar surface area (TPSA) is 54.6 Å². The first-order valence-electron chi connectivity index (χ1n) is 5.74. The van der Waals surface area contributed by atoms with E-state index in [9.17, 15) is 5.11 Å². The molecule has 3 fully saturated rings. The molecule has 3 heterocycles. The molecule has 2 saturated heterocycles. The van der Waals surface area contributed by atoms with Crippen LogP contribution in [0.4, 0.5) is 0 Å². The van der Waals surface area contributed by atoms with Gasteiger partial charge >= 0.3 is 0 Å². The maximum Gasteiger partial charge on any atom is 0.117 e. The summed E-state index contributed by atoms with van der Waals surface area (Å²) in [6.45, 7) is 2.92. The number of hydrogen-bond donors (Lipinski definition) is 2. The fourth-order valence-corrected chi connectivity index (χ4v) is 3.05. The van der Waals surface area contributed by atoms with Gasteiger partial charge in [-0.25, -0.2) is 0 Å². The Balaban J connectivity index is 1.64. The highest BCUT2D eigenvalue weighted by molar-refractivity contribution is 5.20. The third-order valence-corrected chi connectivity index (χ3v) is 3.96. The average molecular weight is 223 g/mol. The summed E-state index contributed by atoms with van der Waals surface area (Å²) in [5, 5.41) is 12.8. The molecule has 4 nitrogen and oxygen atoms in total. The van der Waals surface area contributed by atoms with Gasteiger partial charge in [-0.05, 0) is 31.9 Å². The van der Waals surface area contributed by atoms with Crippen LogP contribution in [0, 0.1) is 0 Å². The van der Waals surface area contributed by atoms with Gasteiger partial charge in [0.2, 0.25) is 0 Å². The number of nitrogens with one attached hydrogen (secondary N) is 1. The standard InChI is InChI=1S/C12H17NO3/c1-9-12(6-11(7-12,8-14)16-9)13-5-10-3-2-4-15-10/h2-4,9,13-14H,5-8H2,1H3. The van der Waals surface area contributed by atoms with Crippen molar-refractivity contribution in [2.24, 2.45) is 0 Å². The number of hydrogen-bond acceptors (Lipinski definition) is 4. The van der Waals surface area contributed by atoms with Crippen molar-refractivity contribution < 1.29 is 14.3 Å². The fourth-order valence-electron chi connectivity index (χ4n) is 3.05. The highest BCUT2D eigenvalue weighted by atomic mass is 16.5. The number of aliphatic hydroxyl groups excluding tert-OH is 1.